The molecule has 0 aliphatic heterocycles. The number of hydrogen-bond donors (Lipinski definition) is 0. The first-order valence-corrected chi connectivity index (χ1v) is 5.02. The fraction of sp³-hybridized carbons (Fsp3) is 0.111. The Balaban J connectivity index is 2.64. The van der Waals surface area contributed by atoms with E-state index in [1.165, 1.54) is 0 Å². The first-order chi connectivity index (χ1) is 5.83. The third-order valence-corrected chi connectivity index (χ3v) is 2.03. The van der Waals surface area contributed by atoms with Gasteiger partial charge in [-0.3, -0.25) is 9.78 Å². The lowest BCUT2D eigenvalue weighted by Gasteiger charge is -1.88. The van der Waals surface area contributed by atoms with Crippen molar-refractivity contribution < 1.29 is 4.79 Å². The van der Waals surface area contributed by atoms with E-state index in [-0.39, 0.29) is 5.78 Å². The van der Waals surface area contributed by atoms with Crippen LogP contribution in [0.15, 0.2) is 30.6 Å². The summed E-state index contributed by atoms with van der Waals surface area (Å²) in [6, 6.07) is 3.75. The zero-order valence-corrected chi connectivity index (χ0v) is 8.56. The lowest BCUT2D eigenvalue weighted by Crippen LogP contribution is -1.90. The smallest absolute Gasteiger partial charge is 0.165 e. The molecule has 1 aromatic rings. The topological polar surface area (TPSA) is 30.0 Å². The third-order valence-electron chi connectivity index (χ3n) is 1.28. The van der Waals surface area contributed by atoms with E-state index in [1.807, 2.05) is 34.7 Å². The highest BCUT2D eigenvalue weighted by Gasteiger charge is 1.90. The summed E-state index contributed by atoms with van der Waals surface area (Å²) < 4.78 is 0.522. The Morgan fingerprint density at radius 3 is 3.08 bits per heavy atom. The summed E-state index contributed by atoms with van der Waals surface area (Å²) in [5, 5.41) is 0. The Morgan fingerprint density at radius 2 is 2.50 bits per heavy atom. The lowest BCUT2D eigenvalue weighted by atomic mass is 10.2. The fourth-order valence-corrected chi connectivity index (χ4v) is 0.963. The van der Waals surface area contributed by atoms with Crippen LogP contribution in [-0.2, 0) is 4.79 Å². The van der Waals surface area contributed by atoms with Gasteiger partial charge in [0.2, 0.25) is 0 Å². The van der Waals surface area contributed by atoms with Gasteiger partial charge in [-0.1, -0.05) is 28.7 Å². The monoisotopic (exact) mass is 273 g/mol. The van der Waals surface area contributed by atoms with Crippen LogP contribution in [0.5, 0.6) is 0 Å². The number of aromatic nitrogens is 1. The molecule has 0 radical (unpaired) electrons. The second-order valence-corrected chi connectivity index (χ2v) is 2.98. The second-order valence-electron chi connectivity index (χ2n) is 2.22. The van der Waals surface area contributed by atoms with Gasteiger partial charge in [0, 0.05) is 12.4 Å². The van der Waals surface area contributed by atoms with Crippen LogP contribution in [0.3, 0.4) is 0 Å². The van der Waals surface area contributed by atoms with Gasteiger partial charge in [-0.25, -0.2) is 0 Å². The predicted octanol–water partition coefficient (Wildman–Crippen LogP) is 2.10. The van der Waals surface area contributed by atoms with E-state index in [2.05, 4.69) is 4.98 Å². The normalized spacial score (nSPS) is 10.4. The summed E-state index contributed by atoms with van der Waals surface area (Å²) in [5.41, 5.74) is 0.954. The zero-order chi connectivity index (χ0) is 8.81. The van der Waals surface area contributed by atoms with E-state index < -0.39 is 0 Å². The van der Waals surface area contributed by atoms with Crippen molar-refractivity contribution in [3.8, 4) is 0 Å². The Bertz CT molecular complexity index is 282. The predicted molar refractivity (Wildman–Crippen MR) is 57.2 cm³/mol. The molecule has 0 saturated carbocycles. The van der Waals surface area contributed by atoms with Gasteiger partial charge in [0.15, 0.2) is 5.78 Å². The minimum atomic E-state index is 0.124. The number of halogens is 1. The molecule has 1 aromatic heterocycles. The van der Waals surface area contributed by atoms with Crippen molar-refractivity contribution >= 4 is 34.5 Å². The fourth-order valence-electron chi connectivity index (χ4n) is 0.708. The van der Waals surface area contributed by atoms with Crippen molar-refractivity contribution in [1.82, 2.24) is 4.98 Å². The Labute approximate surface area is 84.8 Å². The number of nitrogens with zero attached hydrogens (tertiary/aromatic N) is 1. The van der Waals surface area contributed by atoms with Crippen LogP contribution in [-0.4, -0.2) is 15.2 Å². The van der Waals surface area contributed by atoms with E-state index in [1.54, 1.807) is 24.5 Å². The van der Waals surface area contributed by atoms with Gasteiger partial charge in [-0.15, -0.1) is 0 Å². The van der Waals surface area contributed by atoms with Crippen LogP contribution < -0.4 is 0 Å². The number of carbonyl (C=O) groups is 1. The minimum absolute atomic E-state index is 0.124. The number of allylic oxidation sites excluding steroid dienone is 1. The largest absolute Gasteiger partial charge is 0.294 e. The summed E-state index contributed by atoms with van der Waals surface area (Å²) in [4.78, 5) is 14.8. The average molecular weight is 273 g/mol. The number of alkyl halides is 1. The first kappa shape index (κ1) is 9.38. The molecule has 0 saturated heterocycles. The number of rotatable bonds is 3. The van der Waals surface area contributed by atoms with E-state index >= 15 is 0 Å². The molecule has 0 bridgehead atoms. The van der Waals surface area contributed by atoms with Crippen LogP contribution in [0.4, 0.5) is 0 Å². The molecule has 0 unspecified atom stereocenters. The third kappa shape index (κ3) is 3.13. The van der Waals surface area contributed by atoms with Crippen LogP contribution in [0.1, 0.15) is 5.56 Å². The van der Waals surface area contributed by atoms with Crippen molar-refractivity contribution in [1.29, 1.82) is 0 Å². The summed E-state index contributed by atoms with van der Waals surface area (Å²) >= 11 is 2.04. The summed E-state index contributed by atoms with van der Waals surface area (Å²) in [6.45, 7) is 0. The first-order valence-electron chi connectivity index (χ1n) is 3.50. The van der Waals surface area contributed by atoms with Gasteiger partial charge in [0.1, 0.15) is 0 Å². The average Bonchev–Trinajstić information content (AvgIpc) is 2.16. The van der Waals surface area contributed by atoms with Crippen molar-refractivity contribution in [2.45, 2.75) is 0 Å². The van der Waals surface area contributed by atoms with E-state index in [9.17, 15) is 4.79 Å². The molecule has 0 aliphatic rings. The van der Waals surface area contributed by atoms with E-state index in [0.29, 0.717) is 4.43 Å². The molecule has 0 aliphatic carbocycles. The number of hydrogen-bond acceptors (Lipinski definition) is 2. The van der Waals surface area contributed by atoms with Gasteiger partial charge in [0.05, 0.1) is 4.43 Å². The number of carbonyl (C=O) groups excluding carboxylic acids is 1. The maximum Gasteiger partial charge on any atom is 0.165 e. The Morgan fingerprint density at radius 1 is 1.67 bits per heavy atom. The van der Waals surface area contributed by atoms with Gasteiger partial charge < -0.3 is 0 Å². The maximum absolute atomic E-state index is 10.9. The molecule has 12 heavy (non-hydrogen) atoms. The Kier molecular flexibility index (Phi) is 3.93. The molecule has 62 valence electrons. The van der Waals surface area contributed by atoms with Gasteiger partial charge in [0.25, 0.3) is 0 Å². The standard InChI is InChI=1S/C9H8INO/c10-6-9(12)4-3-8-2-1-5-11-7-8/h1-5,7H,6H2/b4-3+. The van der Waals surface area contributed by atoms with Crippen molar-refractivity contribution in [2.75, 3.05) is 4.43 Å². The SMILES string of the molecule is O=C(/C=C/c1cccnc1)CI. The molecule has 0 N–H and O–H groups in total. The molecule has 0 fully saturated rings. The van der Waals surface area contributed by atoms with Crippen LogP contribution in [0.25, 0.3) is 6.08 Å². The summed E-state index contributed by atoms with van der Waals surface area (Å²) in [5.74, 6) is 0.124. The van der Waals surface area contributed by atoms with Crippen molar-refractivity contribution in [3.05, 3.63) is 36.2 Å². The van der Waals surface area contributed by atoms with Gasteiger partial charge in [-0.05, 0) is 23.8 Å². The number of ketones is 1. The number of pyridine rings is 1. The molecule has 1 heterocycles. The van der Waals surface area contributed by atoms with E-state index in [4.69, 9.17) is 0 Å². The van der Waals surface area contributed by atoms with Gasteiger partial charge in [-0.2, -0.15) is 0 Å². The molecule has 0 amide bonds. The Hall–Kier alpha value is -0.710. The lowest BCUT2D eigenvalue weighted by molar-refractivity contribution is -0.112. The van der Waals surface area contributed by atoms with E-state index in [0.717, 1.165) is 5.56 Å². The molecule has 0 atom stereocenters. The highest BCUT2D eigenvalue weighted by Crippen LogP contribution is 1.98. The molecular formula is C9H8INO. The quantitative estimate of drug-likeness (QED) is 0.479. The maximum atomic E-state index is 10.9. The van der Waals surface area contributed by atoms with Crippen molar-refractivity contribution in [3.63, 3.8) is 0 Å². The molecule has 3 heteroatoms. The summed E-state index contributed by atoms with van der Waals surface area (Å²) in [6.07, 6.45) is 6.77. The molecule has 2 nitrogen and oxygen atoms in total. The molecule has 1 rings (SSSR count). The van der Waals surface area contributed by atoms with Crippen molar-refractivity contribution in [2.24, 2.45) is 0 Å². The minimum Gasteiger partial charge on any atom is -0.294 e. The molecule has 0 spiro atoms. The van der Waals surface area contributed by atoms with Crippen LogP contribution >= 0.6 is 22.6 Å². The van der Waals surface area contributed by atoms with Crippen LogP contribution in [0.2, 0.25) is 0 Å². The zero-order valence-electron chi connectivity index (χ0n) is 6.40. The summed E-state index contributed by atoms with van der Waals surface area (Å²) in [7, 11) is 0. The highest BCUT2D eigenvalue weighted by molar-refractivity contribution is 14.1. The molecule has 0 aromatic carbocycles. The second kappa shape index (κ2) is 5.03. The van der Waals surface area contributed by atoms with Gasteiger partial charge >= 0.3 is 0 Å². The van der Waals surface area contributed by atoms with Crippen LogP contribution in [0, 0.1) is 0 Å². The molecular weight excluding hydrogens is 265 g/mol. The highest BCUT2D eigenvalue weighted by atomic mass is 127.